The van der Waals surface area contributed by atoms with E-state index in [0.29, 0.717) is 18.3 Å². The molecular weight excluding hydrogens is 268 g/mol. The van der Waals surface area contributed by atoms with Gasteiger partial charge in [-0.2, -0.15) is 4.98 Å². The predicted octanol–water partition coefficient (Wildman–Crippen LogP) is 3.51. The first-order chi connectivity index (χ1) is 10.3. The highest BCUT2D eigenvalue weighted by Crippen LogP contribution is 2.25. The second kappa shape index (κ2) is 5.66. The zero-order valence-corrected chi connectivity index (χ0v) is 11.5. The van der Waals surface area contributed by atoms with Crippen LogP contribution in [0.25, 0.3) is 22.8 Å². The number of benzene rings is 2. The molecule has 0 unspecified atom stereocenters. The van der Waals surface area contributed by atoms with Crippen molar-refractivity contribution in [1.29, 1.82) is 0 Å². The molecule has 0 saturated heterocycles. The highest BCUT2D eigenvalue weighted by Gasteiger charge is 2.11. The van der Waals surface area contributed by atoms with E-state index >= 15 is 0 Å². The van der Waals surface area contributed by atoms with Crippen molar-refractivity contribution in [2.24, 2.45) is 0 Å². The number of aromatic hydroxyl groups is 1. The fourth-order valence-electron chi connectivity index (χ4n) is 1.95. The van der Waals surface area contributed by atoms with Gasteiger partial charge in [0.25, 0.3) is 5.89 Å². The van der Waals surface area contributed by atoms with Crippen LogP contribution in [0, 0.1) is 0 Å². The standard InChI is InChI=1S/C16H14N2O3/c1-2-20-14-5-3-4-12(10-14)15-17-16(21-18-15)11-6-8-13(19)9-7-11/h3-10,19H,2H2,1H3. The van der Waals surface area contributed by atoms with Gasteiger partial charge in [-0.1, -0.05) is 17.3 Å². The van der Waals surface area contributed by atoms with Crippen LogP contribution in [0.4, 0.5) is 0 Å². The summed E-state index contributed by atoms with van der Waals surface area (Å²) in [5.41, 5.74) is 1.59. The molecule has 0 saturated carbocycles. The van der Waals surface area contributed by atoms with E-state index in [1.807, 2.05) is 31.2 Å². The Hall–Kier alpha value is -2.82. The maximum absolute atomic E-state index is 9.29. The molecule has 0 aliphatic carbocycles. The van der Waals surface area contributed by atoms with Crippen LogP contribution in [0.2, 0.25) is 0 Å². The zero-order valence-electron chi connectivity index (χ0n) is 11.5. The van der Waals surface area contributed by atoms with Crippen LogP contribution in [0.5, 0.6) is 11.5 Å². The Kier molecular flexibility index (Phi) is 3.55. The molecule has 5 nitrogen and oxygen atoms in total. The molecule has 0 aliphatic heterocycles. The number of hydrogen-bond donors (Lipinski definition) is 1. The number of rotatable bonds is 4. The predicted molar refractivity (Wildman–Crippen MR) is 78.0 cm³/mol. The number of phenolic OH excluding ortho intramolecular Hbond substituents is 1. The smallest absolute Gasteiger partial charge is 0.258 e. The molecule has 2 aromatic carbocycles. The average molecular weight is 282 g/mol. The normalized spacial score (nSPS) is 10.5. The van der Waals surface area contributed by atoms with Gasteiger partial charge in [0.05, 0.1) is 6.61 Å². The van der Waals surface area contributed by atoms with Crippen molar-refractivity contribution in [2.75, 3.05) is 6.61 Å². The van der Waals surface area contributed by atoms with Crippen molar-refractivity contribution in [1.82, 2.24) is 10.1 Å². The molecule has 0 spiro atoms. The lowest BCUT2D eigenvalue weighted by molar-refractivity contribution is 0.340. The van der Waals surface area contributed by atoms with Gasteiger partial charge in [-0.3, -0.25) is 0 Å². The van der Waals surface area contributed by atoms with E-state index < -0.39 is 0 Å². The molecule has 5 heteroatoms. The molecule has 1 aromatic heterocycles. The minimum absolute atomic E-state index is 0.197. The van der Waals surface area contributed by atoms with Gasteiger partial charge in [-0.05, 0) is 43.3 Å². The molecule has 1 N–H and O–H groups in total. The topological polar surface area (TPSA) is 68.4 Å². The first-order valence-corrected chi connectivity index (χ1v) is 6.62. The molecule has 106 valence electrons. The van der Waals surface area contributed by atoms with Crippen LogP contribution in [-0.2, 0) is 0 Å². The van der Waals surface area contributed by atoms with E-state index in [9.17, 15) is 5.11 Å². The Labute approximate surface area is 121 Å². The molecule has 0 radical (unpaired) electrons. The number of aromatic nitrogens is 2. The highest BCUT2D eigenvalue weighted by molar-refractivity contribution is 5.61. The molecule has 0 atom stereocenters. The van der Waals surface area contributed by atoms with E-state index in [1.54, 1.807) is 24.3 Å². The van der Waals surface area contributed by atoms with E-state index in [4.69, 9.17) is 9.26 Å². The minimum Gasteiger partial charge on any atom is -0.508 e. The number of hydrogen-bond acceptors (Lipinski definition) is 5. The number of nitrogens with zero attached hydrogens (tertiary/aromatic N) is 2. The van der Waals surface area contributed by atoms with E-state index in [0.717, 1.165) is 16.9 Å². The van der Waals surface area contributed by atoms with Crippen LogP contribution < -0.4 is 4.74 Å². The van der Waals surface area contributed by atoms with Crippen LogP contribution in [0.3, 0.4) is 0 Å². The van der Waals surface area contributed by atoms with Crippen molar-refractivity contribution in [2.45, 2.75) is 6.92 Å². The summed E-state index contributed by atoms with van der Waals surface area (Å²) in [4.78, 5) is 4.37. The summed E-state index contributed by atoms with van der Waals surface area (Å²) in [6.07, 6.45) is 0. The third-order valence-electron chi connectivity index (χ3n) is 2.94. The van der Waals surface area contributed by atoms with Crippen LogP contribution in [-0.4, -0.2) is 21.9 Å². The first kappa shape index (κ1) is 13.2. The molecule has 1 heterocycles. The second-order valence-corrected chi connectivity index (χ2v) is 4.43. The summed E-state index contributed by atoms with van der Waals surface area (Å²) in [6.45, 7) is 2.54. The summed E-state index contributed by atoms with van der Waals surface area (Å²) in [5, 5.41) is 13.3. The lowest BCUT2D eigenvalue weighted by Crippen LogP contribution is -1.91. The van der Waals surface area contributed by atoms with Gasteiger partial charge in [0.1, 0.15) is 11.5 Å². The second-order valence-electron chi connectivity index (χ2n) is 4.43. The van der Waals surface area contributed by atoms with Crippen LogP contribution in [0.1, 0.15) is 6.92 Å². The fraction of sp³-hybridized carbons (Fsp3) is 0.125. The Morgan fingerprint density at radius 3 is 2.67 bits per heavy atom. The van der Waals surface area contributed by atoms with Gasteiger partial charge in [0.15, 0.2) is 0 Å². The Morgan fingerprint density at radius 1 is 1.10 bits per heavy atom. The summed E-state index contributed by atoms with van der Waals surface area (Å²) in [7, 11) is 0. The minimum atomic E-state index is 0.197. The molecule has 0 amide bonds. The van der Waals surface area contributed by atoms with E-state index in [2.05, 4.69) is 10.1 Å². The summed E-state index contributed by atoms with van der Waals surface area (Å²) in [5.74, 6) is 1.88. The summed E-state index contributed by atoms with van der Waals surface area (Å²) >= 11 is 0. The molecule has 21 heavy (non-hydrogen) atoms. The number of ether oxygens (including phenoxy) is 1. The molecular formula is C16H14N2O3. The fourth-order valence-corrected chi connectivity index (χ4v) is 1.95. The number of phenols is 1. The van der Waals surface area contributed by atoms with E-state index in [-0.39, 0.29) is 5.75 Å². The third-order valence-corrected chi connectivity index (χ3v) is 2.94. The zero-order chi connectivity index (χ0) is 14.7. The SMILES string of the molecule is CCOc1cccc(-c2noc(-c3ccc(O)cc3)n2)c1. The van der Waals surface area contributed by atoms with Gasteiger partial charge in [-0.15, -0.1) is 0 Å². The summed E-state index contributed by atoms with van der Waals surface area (Å²) in [6, 6.07) is 14.1. The quantitative estimate of drug-likeness (QED) is 0.793. The van der Waals surface area contributed by atoms with Crippen molar-refractivity contribution in [3.8, 4) is 34.3 Å². The first-order valence-electron chi connectivity index (χ1n) is 6.62. The van der Waals surface area contributed by atoms with Crippen molar-refractivity contribution >= 4 is 0 Å². The molecule has 0 aliphatic rings. The highest BCUT2D eigenvalue weighted by atomic mass is 16.5. The van der Waals surface area contributed by atoms with Gasteiger partial charge >= 0.3 is 0 Å². The Balaban J connectivity index is 1.91. The van der Waals surface area contributed by atoms with Crippen molar-refractivity contribution in [3.05, 3.63) is 48.5 Å². The lowest BCUT2D eigenvalue weighted by Gasteiger charge is -2.02. The van der Waals surface area contributed by atoms with Crippen molar-refractivity contribution < 1.29 is 14.4 Å². The Bertz CT molecular complexity index is 735. The van der Waals surface area contributed by atoms with Gasteiger partial charge in [-0.25, -0.2) is 0 Å². The van der Waals surface area contributed by atoms with Gasteiger partial charge in [0.2, 0.25) is 5.82 Å². The maximum Gasteiger partial charge on any atom is 0.258 e. The monoisotopic (exact) mass is 282 g/mol. The van der Waals surface area contributed by atoms with Gasteiger partial charge in [0, 0.05) is 11.1 Å². The van der Waals surface area contributed by atoms with Crippen LogP contribution >= 0.6 is 0 Å². The van der Waals surface area contributed by atoms with Gasteiger partial charge < -0.3 is 14.4 Å². The molecule has 0 bridgehead atoms. The Morgan fingerprint density at radius 2 is 1.90 bits per heavy atom. The van der Waals surface area contributed by atoms with Crippen molar-refractivity contribution in [3.63, 3.8) is 0 Å². The van der Waals surface area contributed by atoms with E-state index in [1.165, 1.54) is 0 Å². The average Bonchev–Trinajstić information content (AvgIpc) is 2.98. The molecule has 3 rings (SSSR count). The molecule has 0 fully saturated rings. The molecule has 3 aromatic rings. The largest absolute Gasteiger partial charge is 0.508 e. The maximum atomic E-state index is 9.29. The third kappa shape index (κ3) is 2.86. The lowest BCUT2D eigenvalue weighted by atomic mass is 10.2. The van der Waals surface area contributed by atoms with Crippen LogP contribution in [0.15, 0.2) is 53.1 Å². The summed E-state index contributed by atoms with van der Waals surface area (Å²) < 4.78 is 10.7.